The van der Waals surface area contributed by atoms with Crippen molar-refractivity contribution in [3.05, 3.63) is 83.6 Å². The van der Waals surface area contributed by atoms with Gasteiger partial charge in [0.15, 0.2) is 0 Å². The highest BCUT2D eigenvalue weighted by Crippen LogP contribution is 2.41. The maximum atomic E-state index is 12.0. The van der Waals surface area contributed by atoms with Gasteiger partial charge < -0.3 is 14.5 Å². The molecule has 0 aliphatic carbocycles. The van der Waals surface area contributed by atoms with E-state index in [-0.39, 0.29) is 6.61 Å². The Balaban J connectivity index is 1.53. The van der Waals surface area contributed by atoms with Crippen LogP contribution >= 0.6 is 0 Å². The van der Waals surface area contributed by atoms with Gasteiger partial charge >= 0.3 is 6.09 Å². The second-order valence-electron chi connectivity index (χ2n) is 7.35. The van der Waals surface area contributed by atoms with Crippen molar-refractivity contribution in [3.8, 4) is 16.9 Å². The van der Waals surface area contributed by atoms with E-state index >= 15 is 0 Å². The van der Waals surface area contributed by atoms with E-state index in [2.05, 4.69) is 34.9 Å². The summed E-state index contributed by atoms with van der Waals surface area (Å²) in [6.07, 6.45) is -0.558. The van der Waals surface area contributed by atoms with Gasteiger partial charge in [-0.2, -0.15) is 0 Å². The molecule has 0 unspecified atom stereocenters. The third-order valence-corrected chi connectivity index (χ3v) is 5.18. The van der Waals surface area contributed by atoms with Crippen LogP contribution in [0.15, 0.2) is 66.7 Å². The first kappa shape index (κ1) is 20.3. The molecule has 158 valence electrons. The first-order valence-electron chi connectivity index (χ1n) is 10.1. The van der Waals surface area contributed by atoms with E-state index in [1.807, 2.05) is 61.5 Å². The van der Waals surface area contributed by atoms with E-state index in [9.17, 15) is 4.79 Å². The number of anilines is 1. The van der Waals surface area contributed by atoms with Gasteiger partial charge in [0.25, 0.3) is 0 Å². The molecule has 31 heavy (non-hydrogen) atoms. The molecular weight excluding hydrogens is 390 g/mol. The number of carbonyl (C=O) groups excluding carboxylic acids is 1. The van der Waals surface area contributed by atoms with Gasteiger partial charge in [0.1, 0.15) is 12.4 Å². The number of methoxy groups -OCH3 is 1. The Kier molecular flexibility index (Phi) is 5.80. The van der Waals surface area contributed by atoms with Crippen LogP contribution in [0.5, 0.6) is 5.75 Å². The van der Waals surface area contributed by atoms with Crippen LogP contribution in [-0.4, -0.2) is 18.2 Å². The molecule has 0 atom stereocenters. The average molecular weight is 415 g/mol. The van der Waals surface area contributed by atoms with Crippen LogP contribution in [0.25, 0.3) is 22.0 Å². The van der Waals surface area contributed by atoms with Crippen molar-refractivity contribution in [2.75, 3.05) is 12.5 Å². The second-order valence-corrected chi connectivity index (χ2v) is 7.35. The molecule has 4 aromatic rings. The summed E-state index contributed by atoms with van der Waals surface area (Å²) in [7, 11) is 1.65. The number of aromatic nitrogens is 1. The molecule has 0 bridgehead atoms. The molecule has 1 amide bonds. The number of aryl methyl sites for hydroxylation is 2. The van der Waals surface area contributed by atoms with E-state index < -0.39 is 6.09 Å². The van der Waals surface area contributed by atoms with Crippen molar-refractivity contribution in [1.29, 1.82) is 0 Å². The largest absolute Gasteiger partial charge is 0.496 e. The third-order valence-electron chi connectivity index (χ3n) is 5.18. The Morgan fingerprint density at radius 3 is 2.48 bits per heavy atom. The fourth-order valence-electron chi connectivity index (χ4n) is 3.79. The number of hydrogen-bond donors (Lipinski definition) is 3. The Morgan fingerprint density at radius 1 is 0.968 bits per heavy atom. The van der Waals surface area contributed by atoms with Gasteiger partial charge in [0.2, 0.25) is 0 Å². The summed E-state index contributed by atoms with van der Waals surface area (Å²) in [5.41, 5.74) is 12.4. The molecule has 4 rings (SSSR count). The molecule has 1 heterocycles. The van der Waals surface area contributed by atoms with Crippen molar-refractivity contribution in [3.63, 3.8) is 0 Å². The fourth-order valence-corrected chi connectivity index (χ4v) is 3.79. The molecule has 0 aliphatic heterocycles. The normalized spacial score (nSPS) is 10.7. The van der Waals surface area contributed by atoms with Crippen molar-refractivity contribution in [2.45, 2.75) is 20.5 Å². The van der Waals surface area contributed by atoms with Crippen molar-refractivity contribution in [1.82, 2.24) is 10.4 Å². The van der Waals surface area contributed by atoms with Crippen LogP contribution in [0, 0.1) is 13.8 Å². The Labute approximate surface area is 181 Å². The minimum Gasteiger partial charge on any atom is -0.496 e. The summed E-state index contributed by atoms with van der Waals surface area (Å²) in [6, 6.07) is 21.6. The minimum atomic E-state index is -0.558. The zero-order valence-corrected chi connectivity index (χ0v) is 17.8. The van der Waals surface area contributed by atoms with Gasteiger partial charge in [-0.15, -0.1) is 0 Å². The highest BCUT2D eigenvalue weighted by molar-refractivity contribution is 6.00. The van der Waals surface area contributed by atoms with Gasteiger partial charge in [-0.25, -0.2) is 10.2 Å². The molecule has 6 heteroatoms. The van der Waals surface area contributed by atoms with Crippen LogP contribution in [0.1, 0.15) is 16.8 Å². The topological polar surface area (TPSA) is 75.4 Å². The van der Waals surface area contributed by atoms with Crippen LogP contribution in [0.3, 0.4) is 0 Å². The molecule has 0 fully saturated rings. The van der Waals surface area contributed by atoms with Crippen LogP contribution < -0.4 is 15.6 Å². The summed E-state index contributed by atoms with van der Waals surface area (Å²) in [5.74, 6) is 0.717. The predicted molar refractivity (Wildman–Crippen MR) is 123 cm³/mol. The Morgan fingerprint density at radius 2 is 1.71 bits per heavy atom. The molecule has 0 spiro atoms. The quantitative estimate of drug-likeness (QED) is 0.352. The van der Waals surface area contributed by atoms with Crippen molar-refractivity contribution in [2.24, 2.45) is 0 Å². The molecule has 0 radical (unpaired) electrons. The van der Waals surface area contributed by atoms with E-state index in [0.29, 0.717) is 5.69 Å². The number of fused-ring (bicyclic) bond motifs is 1. The van der Waals surface area contributed by atoms with E-state index in [1.165, 1.54) is 0 Å². The summed E-state index contributed by atoms with van der Waals surface area (Å²) in [5, 5.41) is 1.14. The fraction of sp³-hybridized carbons (Fsp3) is 0.160. The first-order chi connectivity index (χ1) is 15.1. The number of H-pyrrole nitrogens is 1. The average Bonchev–Trinajstić information content (AvgIpc) is 3.12. The summed E-state index contributed by atoms with van der Waals surface area (Å²) < 4.78 is 10.9. The number of rotatable bonds is 6. The molecule has 6 nitrogen and oxygen atoms in total. The van der Waals surface area contributed by atoms with Crippen LogP contribution in [-0.2, 0) is 11.3 Å². The van der Waals surface area contributed by atoms with Crippen LogP contribution in [0.4, 0.5) is 10.5 Å². The molecule has 0 saturated heterocycles. The number of hydrazine groups is 1. The van der Waals surface area contributed by atoms with E-state index in [0.717, 1.165) is 44.6 Å². The second kappa shape index (κ2) is 8.83. The number of aromatic amines is 1. The molecule has 3 N–H and O–H groups in total. The summed E-state index contributed by atoms with van der Waals surface area (Å²) in [6.45, 7) is 4.29. The highest BCUT2D eigenvalue weighted by atomic mass is 16.6. The lowest BCUT2D eigenvalue weighted by atomic mass is 9.96. The van der Waals surface area contributed by atoms with Gasteiger partial charge in [-0.05, 0) is 37.1 Å². The number of nitrogens with one attached hydrogen (secondary N) is 3. The van der Waals surface area contributed by atoms with Gasteiger partial charge in [0.05, 0.1) is 12.8 Å². The van der Waals surface area contributed by atoms with E-state index in [4.69, 9.17) is 9.47 Å². The first-order valence-corrected chi connectivity index (χ1v) is 10.1. The van der Waals surface area contributed by atoms with Crippen molar-refractivity contribution >= 4 is 22.7 Å². The van der Waals surface area contributed by atoms with Gasteiger partial charge in [0, 0.05) is 33.8 Å². The third kappa shape index (κ3) is 4.33. The predicted octanol–water partition coefficient (Wildman–Crippen LogP) is 5.71. The summed E-state index contributed by atoms with van der Waals surface area (Å²) >= 11 is 0. The number of para-hydroxylation sites is 1. The molecule has 3 aromatic carbocycles. The molecule has 0 aliphatic rings. The highest BCUT2D eigenvalue weighted by Gasteiger charge is 2.18. The lowest BCUT2D eigenvalue weighted by Gasteiger charge is -2.16. The summed E-state index contributed by atoms with van der Waals surface area (Å²) in [4.78, 5) is 15.5. The van der Waals surface area contributed by atoms with E-state index in [1.54, 1.807) is 7.11 Å². The number of hydrogen-bond acceptors (Lipinski definition) is 4. The molecule has 1 aromatic heterocycles. The monoisotopic (exact) mass is 415 g/mol. The zero-order valence-electron chi connectivity index (χ0n) is 17.8. The number of benzene rings is 3. The zero-order chi connectivity index (χ0) is 21.8. The van der Waals surface area contributed by atoms with Gasteiger partial charge in [-0.3, -0.25) is 5.43 Å². The maximum Gasteiger partial charge on any atom is 0.426 e. The number of ether oxygens (including phenoxy) is 2. The SMILES string of the molecule is COc1cc(NNC(=O)OCc2ccccc2)cc(C)c1-c1c(C)[nH]c2ccccc12. The van der Waals surface area contributed by atoms with Crippen LogP contribution in [0.2, 0.25) is 0 Å². The van der Waals surface area contributed by atoms with Gasteiger partial charge in [-0.1, -0.05) is 48.5 Å². The molecule has 0 saturated carbocycles. The molecular formula is C25H25N3O3. The number of carbonyl (C=O) groups is 1. The Bertz CT molecular complexity index is 1220. The lowest BCUT2D eigenvalue weighted by Crippen LogP contribution is -2.29. The van der Waals surface area contributed by atoms with Crippen molar-refractivity contribution < 1.29 is 14.3 Å². The standard InChI is InChI=1S/C25H25N3O3/c1-16-13-19(27-28-25(29)31-15-18-9-5-4-6-10-18)14-22(30-3)23(16)24-17(2)26-21-12-8-7-11-20(21)24/h4-14,26-27H,15H2,1-3H3,(H,28,29). The maximum absolute atomic E-state index is 12.0. The number of amides is 1. The Hall–Kier alpha value is -3.93. The minimum absolute atomic E-state index is 0.204. The lowest BCUT2D eigenvalue weighted by molar-refractivity contribution is 0.142. The smallest absolute Gasteiger partial charge is 0.426 e.